The van der Waals surface area contributed by atoms with Crippen LogP contribution in [0.5, 0.6) is 0 Å². The summed E-state index contributed by atoms with van der Waals surface area (Å²) in [6.45, 7) is 2.76. The van der Waals surface area contributed by atoms with Crippen LogP contribution in [0.1, 0.15) is 13.3 Å². The summed E-state index contributed by atoms with van der Waals surface area (Å²) in [7, 11) is 0. The highest BCUT2D eigenvalue weighted by Gasteiger charge is 2.30. The molecule has 8 nitrogen and oxygen atoms in total. The molecule has 3 N–H and O–H groups in total. The number of nitrogens with zero attached hydrogens (tertiary/aromatic N) is 2. The number of piperazine rings is 1. The second kappa shape index (κ2) is 7.81. The highest BCUT2D eigenvalue weighted by molar-refractivity contribution is 5.76. The maximum absolute atomic E-state index is 11.8. The van der Waals surface area contributed by atoms with Crippen LogP contribution in [0.4, 0.5) is 0 Å². The highest BCUT2D eigenvalue weighted by atomic mass is 16.5. The zero-order chi connectivity index (χ0) is 15.1. The molecule has 114 valence electrons. The fourth-order valence-electron chi connectivity index (χ4n) is 2.15. The molecule has 0 radical (unpaired) electrons. The van der Waals surface area contributed by atoms with E-state index < -0.39 is 11.9 Å². The second-order valence-corrected chi connectivity index (χ2v) is 4.70. The summed E-state index contributed by atoms with van der Waals surface area (Å²) in [5, 5.41) is 8.87. The van der Waals surface area contributed by atoms with Gasteiger partial charge in [0.2, 0.25) is 5.91 Å². The van der Waals surface area contributed by atoms with Gasteiger partial charge in [0, 0.05) is 39.5 Å². The lowest BCUT2D eigenvalue weighted by Gasteiger charge is -2.40. The first-order chi connectivity index (χ1) is 9.43. The van der Waals surface area contributed by atoms with Gasteiger partial charge in [-0.2, -0.15) is 0 Å². The average molecular weight is 287 g/mol. The van der Waals surface area contributed by atoms with Gasteiger partial charge in [-0.3, -0.25) is 19.3 Å². The molecule has 0 saturated carbocycles. The number of aliphatic carboxylic acids is 1. The summed E-state index contributed by atoms with van der Waals surface area (Å²) in [6.07, 6.45) is 0.263. The van der Waals surface area contributed by atoms with Crippen molar-refractivity contribution in [2.75, 3.05) is 39.3 Å². The Morgan fingerprint density at radius 2 is 2.05 bits per heavy atom. The van der Waals surface area contributed by atoms with E-state index in [1.165, 1.54) is 6.92 Å². The third-order valence-electron chi connectivity index (χ3n) is 3.13. The molecular weight excluding hydrogens is 266 g/mol. The van der Waals surface area contributed by atoms with E-state index in [1.807, 2.05) is 0 Å². The number of nitrogens with two attached hydrogens (primary N) is 1. The number of hydrogen-bond donors (Lipinski definition) is 2. The highest BCUT2D eigenvalue weighted by Crippen LogP contribution is 2.11. The van der Waals surface area contributed by atoms with Crippen molar-refractivity contribution in [1.82, 2.24) is 9.80 Å². The van der Waals surface area contributed by atoms with Crippen LogP contribution >= 0.6 is 0 Å². The van der Waals surface area contributed by atoms with Crippen LogP contribution in [0.3, 0.4) is 0 Å². The molecule has 0 aliphatic carbocycles. The lowest BCUT2D eigenvalue weighted by molar-refractivity contribution is -0.146. The van der Waals surface area contributed by atoms with Crippen molar-refractivity contribution in [3.63, 3.8) is 0 Å². The third-order valence-corrected chi connectivity index (χ3v) is 3.13. The lowest BCUT2D eigenvalue weighted by Crippen LogP contribution is -2.57. The minimum absolute atomic E-state index is 0.0599. The van der Waals surface area contributed by atoms with Crippen molar-refractivity contribution in [3.8, 4) is 0 Å². The van der Waals surface area contributed by atoms with E-state index in [4.69, 9.17) is 15.6 Å². The fourth-order valence-corrected chi connectivity index (χ4v) is 2.15. The number of carboxylic acid groups (broad SMARTS) is 1. The van der Waals surface area contributed by atoms with Gasteiger partial charge in [0.05, 0.1) is 12.6 Å². The van der Waals surface area contributed by atoms with Crippen molar-refractivity contribution >= 4 is 17.8 Å². The third kappa shape index (κ3) is 5.14. The predicted octanol–water partition coefficient (Wildman–Crippen LogP) is -1.50. The van der Waals surface area contributed by atoms with Crippen LogP contribution in [0.25, 0.3) is 0 Å². The Morgan fingerprint density at radius 1 is 1.35 bits per heavy atom. The Hall–Kier alpha value is -1.67. The summed E-state index contributed by atoms with van der Waals surface area (Å²) in [6, 6.07) is -0.300. The van der Waals surface area contributed by atoms with Gasteiger partial charge in [-0.25, -0.2) is 0 Å². The van der Waals surface area contributed by atoms with Crippen molar-refractivity contribution in [1.29, 1.82) is 0 Å². The first-order valence-electron chi connectivity index (χ1n) is 6.51. The Bertz CT molecular complexity index is 374. The first-order valence-corrected chi connectivity index (χ1v) is 6.51. The monoisotopic (exact) mass is 287 g/mol. The molecule has 0 aromatic heterocycles. The Morgan fingerprint density at radius 3 is 2.60 bits per heavy atom. The number of carbonyl (C=O) groups is 3. The summed E-state index contributed by atoms with van der Waals surface area (Å²) in [4.78, 5) is 36.9. The van der Waals surface area contributed by atoms with E-state index in [1.54, 1.807) is 9.80 Å². The molecule has 1 amide bonds. The molecule has 1 aliphatic rings. The van der Waals surface area contributed by atoms with Crippen molar-refractivity contribution in [3.05, 3.63) is 0 Å². The molecule has 1 unspecified atom stereocenters. The van der Waals surface area contributed by atoms with Crippen molar-refractivity contribution < 1.29 is 24.2 Å². The number of esters is 1. The lowest BCUT2D eigenvalue weighted by atomic mass is 10.1. The van der Waals surface area contributed by atoms with Crippen LogP contribution in [-0.2, 0) is 19.1 Å². The van der Waals surface area contributed by atoms with Crippen LogP contribution in [-0.4, -0.2) is 78.1 Å². The number of carbonyl (C=O) groups excluding carboxylic acids is 2. The molecular formula is C12H21N3O5. The average Bonchev–Trinajstić information content (AvgIpc) is 2.37. The van der Waals surface area contributed by atoms with Crippen LogP contribution < -0.4 is 5.73 Å². The van der Waals surface area contributed by atoms with Crippen LogP contribution in [0.15, 0.2) is 0 Å². The molecule has 0 aromatic rings. The summed E-state index contributed by atoms with van der Waals surface area (Å²) in [5.74, 6) is -1.43. The van der Waals surface area contributed by atoms with Crippen molar-refractivity contribution in [2.24, 2.45) is 5.73 Å². The molecule has 1 atom stereocenters. The van der Waals surface area contributed by atoms with Gasteiger partial charge in [-0.1, -0.05) is 0 Å². The topological polar surface area (TPSA) is 113 Å². The van der Waals surface area contributed by atoms with E-state index in [0.717, 1.165) is 0 Å². The quantitative estimate of drug-likeness (QED) is 0.571. The fraction of sp³-hybridized carbons (Fsp3) is 0.750. The molecule has 1 heterocycles. The molecule has 1 fully saturated rings. The Balaban J connectivity index is 2.64. The summed E-state index contributed by atoms with van der Waals surface area (Å²) < 4.78 is 4.95. The van der Waals surface area contributed by atoms with Gasteiger partial charge in [0.1, 0.15) is 6.61 Å². The minimum Gasteiger partial charge on any atom is -0.480 e. The van der Waals surface area contributed by atoms with Gasteiger partial charge < -0.3 is 20.5 Å². The maximum Gasteiger partial charge on any atom is 0.317 e. The van der Waals surface area contributed by atoms with E-state index in [9.17, 15) is 14.4 Å². The number of amides is 1. The first kappa shape index (κ1) is 16.4. The normalized spacial score (nSPS) is 19.7. The largest absolute Gasteiger partial charge is 0.480 e. The van der Waals surface area contributed by atoms with Crippen LogP contribution in [0, 0.1) is 0 Å². The molecule has 1 aliphatic heterocycles. The summed E-state index contributed by atoms with van der Waals surface area (Å²) in [5.41, 5.74) is 5.36. The number of rotatable bonds is 6. The molecule has 1 saturated heterocycles. The molecule has 0 spiro atoms. The van der Waals surface area contributed by atoms with Crippen LogP contribution in [0.2, 0.25) is 0 Å². The van der Waals surface area contributed by atoms with E-state index in [0.29, 0.717) is 19.6 Å². The standard InChI is InChI=1S/C12H21N3O5/c1-9(16)20-8-10-6-15(11(17)2-3-13)5-4-14(10)7-12(18)19/h10H,2-8,13H2,1H3,(H,18,19). The van der Waals surface area contributed by atoms with E-state index >= 15 is 0 Å². The van der Waals surface area contributed by atoms with Gasteiger partial charge in [-0.05, 0) is 0 Å². The number of carboxylic acids is 1. The van der Waals surface area contributed by atoms with E-state index in [2.05, 4.69) is 0 Å². The molecule has 0 aromatic carbocycles. The van der Waals surface area contributed by atoms with Gasteiger partial charge in [0.15, 0.2) is 0 Å². The van der Waals surface area contributed by atoms with Gasteiger partial charge in [-0.15, -0.1) is 0 Å². The SMILES string of the molecule is CC(=O)OCC1CN(C(=O)CCN)CCN1CC(=O)O. The number of hydrogen-bond acceptors (Lipinski definition) is 6. The summed E-state index contributed by atoms with van der Waals surface area (Å²) >= 11 is 0. The van der Waals surface area contributed by atoms with E-state index in [-0.39, 0.29) is 38.1 Å². The molecule has 20 heavy (non-hydrogen) atoms. The Kier molecular flexibility index (Phi) is 6.40. The molecule has 0 bridgehead atoms. The zero-order valence-electron chi connectivity index (χ0n) is 11.6. The van der Waals surface area contributed by atoms with Crippen molar-refractivity contribution in [2.45, 2.75) is 19.4 Å². The minimum atomic E-state index is -0.945. The van der Waals surface area contributed by atoms with Gasteiger partial charge >= 0.3 is 11.9 Å². The Labute approximate surface area is 117 Å². The predicted molar refractivity (Wildman–Crippen MR) is 69.9 cm³/mol. The molecule has 1 rings (SSSR count). The smallest absolute Gasteiger partial charge is 0.317 e. The zero-order valence-corrected chi connectivity index (χ0v) is 11.6. The second-order valence-electron chi connectivity index (χ2n) is 4.70. The molecule has 8 heteroatoms. The maximum atomic E-state index is 11.8. The number of ether oxygens (including phenoxy) is 1. The van der Waals surface area contributed by atoms with Gasteiger partial charge in [0.25, 0.3) is 0 Å².